The summed E-state index contributed by atoms with van der Waals surface area (Å²) in [5.41, 5.74) is 0. The Morgan fingerprint density at radius 2 is 1.95 bits per heavy atom. The normalized spacial score (nSPS) is 26.0. The van der Waals surface area contributed by atoms with Gasteiger partial charge < -0.3 is 14.6 Å². The lowest BCUT2D eigenvalue weighted by Crippen LogP contribution is -2.25. The third-order valence-corrected chi connectivity index (χ3v) is 4.65. The van der Waals surface area contributed by atoms with Crippen LogP contribution in [0.25, 0.3) is 0 Å². The second-order valence-corrected chi connectivity index (χ2v) is 6.15. The van der Waals surface area contributed by atoms with E-state index in [1.54, 1.807) is 0 Å². The van der Waals surface area contributed by atoms with E-state index < -0.39 is 6.09 Å². The molecule has 1 fully saturated rings. The van der Waals surface area contributed by atoms with Crippen LogP contribution >= 0.6 is 12.1 Å². The Bertz CT molecular complexity index is 392. The minimum absolute atomic E-state index is 0.0208. The number of hydrogen-bond donors (Lipinski definition) is 3. The first-order valence-electron chi connectivity index (χ1n) is 7.78. The molecule has 22 heavy (non-hydrogen) atoms. The molecule has 0 aromatic rings. The molecule has 2 aliphatic rings. The minimum Gasteiger partial charge on any atom is -0.449 e. The third kappa shape index (κ3) is 6.05. The number of rotatable bonds is 9. The molecule has 1 amide bonds. The topological polar surface area (TPSA) is 79.8 Å². The highest BCUT2D eigenvalue weighted by Gasteiger charge is 2.49. The molecule has 0 radical (unpaired) electrons. The summed E-state index contributed by atoms with van der Waals surface area (Å²) in [5.74, 6) is 8.25. The molecule has 2 rings (SSSR count). The number of carbonyl (C=O) groups is 1. The molecule has 3 N–H and O–H groups in total. The van der Waals surface area contributed by atoms with E-state index in [0.717, 1.165) is 37.8 Å². The zero-order valence-corrected chi connectivity index (χ0v) is 13.5. The van der Waals surface area contributed by atoms with Crippen molar-refractivity contribution in [3.8, 4) is 11.8 Å². The SMILES string of the molecule is O=C(NSNCCOCCO)OCC1[C@H]2CCC#CCC[C@@H]12. The van der Waals surface area contributed by atoms with Gasteiger partial charge in [-0.2, -0.15) is 0 Å². The summed E-state index contributed by atoms with van der Waals surface area (Å²) >= 11 is 1.09. The summed E-state index contributed by atoms with van der Waals surface area (Å²) in [6.07, 6.45) is 3.81. The number of hydrogen-bond acceptors (Lipinski definition) is 6. The van der Waals surface area contributed by atoms with Gasteiger partial charge in [0.15, 0.2) is 0 Å². The standard InChI is InChI=1S/C15H24N2O4S/c18-8-10-20-9-7-16-22-17-15(19)21-11-14-12-5-3-1-2-4-6-13(12)14/h12-14,16,18H,3-11H2,(H,17,19)/t12-,13+,14?. The number of ether oxygens (including phenoxy) is 2. The van der Waals surface area contributed by atoms with Gasteiger partial charge in [-0.05, 0) is 30.6 Å². The van der Waals surface area contributed by atoms with Crippen molar-refractivity contribution in [3.05, 3.63) is 0 Å². The van der Waals surface area contributed by atoms with E-state index in [0.29, 0.717) is 44.1 Å². The first-order valence-corrected chi connectivity index (χ1v) is 8.60. The van der Waals surface area contributed by atoms with Crippen LogP contribution in [0.3, 0.4) is 0 Å². The predicted octanol–water partition coefficient (Wildman–Crippen LogP) is 1.31. The maximum Gasteiger partial charge on any atom is 0.418 e. The van der Waals surface area contributed by atoms with E-state index in [2.05, 4.69) is 21.3 Å². The van der Waals surface area contributed by atoms with E-state index in [9.17, 15) is 4.79 Å². The molecule has 1 unspecified atom stereocenters. The summed E-state index contributed by atoms with van der Waals surface area (Å²) in [5, 5.41) is 8.53. The van der Waals surface area contributed by atoms with Gasteiger partial charge in [0.25, 0.3) is 0 Å². The molecule has 124 valence electrons. The zero-order chi connectivity index (χ0) is 15.6. The number of nitrogens with one attached hydrogen (secondary N) is 2. The fourth-order valence-corrected chi connectivity index (χ4v) is 3.29. The number of amides is 1. The van der Waals surface area contributed by atoms with E-state index >= 15 is 0 Å². The molecule has 0 aromatic heterocycles. The molecule has 2 aliphatic carbocycles. The summed E-state index contributed by atoms with van der Waals surface area (Å²) in [4.78, 5) is 11.6. The average molecular weight is 328 g/mol. The van der Waals surface area contributed by atoms with Gasteiger partial charge >= 0.3 is 6.09 Å². The van der Waals surface area contributed by atoms with Crippen LogP contribution in [0.15, 0.2) is 0 Å². The second kappa shape index (κ2) is 9.95. The van der Waals surface area contributed by atoms with Crippen molar-refractivity contribution >= 4 is 18.2 Å². The molecule has 0 heterocycles. The van der Waals surface area contributed by atoms with Crippen LogP contribution in [0.5, 0.6) is 0 Å². The summed E-state index contributed by atoms with van der Waals surface area (Å²) in [6, 6.07) is 0. The Morgan fingerprint density at radius 1 is 1.23 bits per heavy atom. The Balaban J connectivity index is 1.47. The summed E-state index contributed by atoms with van der Waals surface area (Å²) < 4.78 is 15.8. The highest BCUT2D eigenvalue weighted by molar-refractivity contribution is 7.96. The fraction of sp³-hybridized carbons (Fsp3) is 0.800. The highest BCUT2D eigenvalue weighted by atomic mass is 32.2. The molecule has 6 nitrogen and oxygen atoms in total. The molecular formula is C15H24N2O4S. The van der Waals surface area contributed by atoms with E-state index in [-0.39, 0.29) is 6.61 Å². The molecule has 0 saturated heterocycles. The highest BCUT2D eigenvalue weighted by Crippen LogP contribution is 2.52. The molecule has 3 atom stereocenters. The quantitative estimate of drug-likeness (QED) is 0.336. The van der Waals surface area contributed by atoms with Crippen LogP contribution in [0.2, 0.25) is 0 Å². The average Bonchev–Trinajstić information content (AvgIpc) is 3.14. The van der Waals surface area contributed by atoms with Gasteiger partial charge in [0, 0.05) is 31.5 Å². The Labute approximate surface area is 136 Å². The largest absolute Gasteiger partial charge is 0.449 e. The smallest absolute Gasteiger partial charge is 0.418 e. The van der Waals surface area contributed by atoms with Crippen molar-refractivity contribution in [1.82, 2.24) is 9.44 Å². The number of aliphatic hydroxyl groups excluding tert-OH is 1. The molecular weight excluding hydrogens is 304 g/mol. The first-order chi connectivity index (χ1) is 10.8. The maximum atomic E-state index is 11.6. The van der Waals surface area contributed by atoms with Gasteiger partial charge in [-0.3, -0.25) is 4.72 Å². The lowest BCUT2D eigenvalue weighted by molar-refractivity contribution is 0.0964. The van der Waals surface area contributed by atoms with Gasteiger partial charge in [-0.1, -0.05) is 0 Å². The van der Waals surface area contributed by atoms with Crippen LogP contribution in [0.4, 0.5) is 4.79 Å². The van der Waals surface area contributed by atoms with Gasteiger partial charge in [-0.25, -0.2) is 9.52 Å². The van der Waals surface area contributed by atoms with Crippen molar-refractivity contribution in [2.75, 3.05) is 33.0 Å². The number of carbonyl (C=O) groups excluding carboxylic acids is 1. The second-order valence-electron chi connectivity index (χ2n) is 5.46. The van der Waals surface area contributed by atoms with Crippen molar-refractivity contribution in [2.45, 2.75) is 25.7 Å². The monoisotopic (exact) mass is 328 g/mol. The summed E-state index contributed by atoms with van der Waals surface area (Å²) in [7, 11) is 0. The molecule has 0 aromatic carbocycles. The fourth-order valence-electron chi connectivity index (χ4n) is 2.89. The van der Waals surface area contributed by atoms with Crippen LogP contribution in [-0.2, 0) is 9.47 Å². The molecule has 0 aliphatic heterocycles. The number of aliphatic hydroxyl groups is 1. The van der Waals surface area contributed by atoms with Gasteiger partial charge in [0.1, 0.15) is 0 Å². The first kappa shape index (κ1) is 17.4. The van der Waals surface area contributed by atoms with E-state index in [4.69, 9.17) is 14.6 Å². The van der Waals surface area contributed by atoms with Crippen molar-refractivity contribution < 1.29 is 19.4 Å². The van der Waals surface area contributed by atoms with Crippen LogP contribution < -0.4 is 9.44 Å². The zero-order valence-electron chi connectivity index (χ0n) is 12.7. The molecule has 1 saturated carbocycles. The lowest BCUT2D eigenvalue weighted by atomic mass is 10.1. The Morgan fingerprint density at radius 3 is 2.64 bits per heavy atom. The number of fused-ring (bicyclic) bond motifs is 1. The van der Waals surface area contributed by atoms with Crippen LogP contribution in [0, 0.1) is 29.6 Å². The Kier molecular flexibility index (Phi) is 7.88. The molecule has 7 heteroatoms. The van der Waals surface area contributed by atoms with Gasteiger partial charge in [0.05, 0.1) is 26.4 Å². The lowest BCUT2D eigenvalue weighted by Gasteiger charge is -2.07. The van der Waals surface area contributed by atoms with Crippen LogP contribution in [0.1, 0.15) is 25.7 Å². The van der Waals surface area contributed by atoms with Crippen molar-refractivity contribution in [2.24, 2.45) is 17.8 Å². The molecule has 0 bridgehead atoms. The third-order valence-electron chi connectivity index (χ3n) is 4.04. The predicted molar refractivity (Wildman–Crippen MR) is 84.7 cm³/mol. The van der Waals surface area contributed by atoms with E-state index in [1.165, 1.54) is 0 Å². The van der Waals surface area contributed by atoms with Gasteiger partial charge in [-0.15, -0.1) is 11.8 Å². The summed E-state index contributed by atoms with van der Waals surface area (Å²) in [6.45, 7) is 1.92. The van der Waals surface area contributed by atoms with Crippen molar-refractivity contribution in [1.29, 1.82) is 0 Å². The van der Waals surface area contributed by atoms with Crippen molar-refractivity contribution in [3.63, 3.8) is 0 Å². The molecule has 0 spiro atoms. The van der Waals surface area contributed by atoms with Gasteiger partial charge in [0.2, 0.25) is 0 Å². The Hall–Kier alpha value is -0.940. The minimum atomic E-state index is -0.413. The maximum absolute atomic E-state index is 11.6. The van der Waals surface area contributed by atoms with E-state index in [1.807, 2.05) is 0 Å². The van der Waals surface area contributed by atoms with Crippen LogP contribution in [-0.4, -0.2) is 44.2 Å².